The van der Waals surface area contributed by atoms with Gasteiger partial charge in [-0.05, 0) is 25.0 Å². The van der Waals surface area contributed by atoms with Crippen molar-refractivity contribution in [1.82, 2.24) is 14.9 Å². The Bertz CT molecular complexity index is 648. The first-order chi connectivity index (χ1) is 12.3. The van der Waals surface area contributed by atoms with Crippen molar-refractivity contribution in [1.29, 1.82) is 0 Å². The predicted octanol–water partition coefficient (Wildman–Crippen LogP) is 4.86. The minimum atomic E-state index is 0.140. The molecule has 0 saturated heterocycles. The van der Waals surface area contributed by atoms with Crippen LogP contribution in [0, 0.1) is 0 Å². The van der Waals surface area contributed by atoms with E-state index in [1.54, 1.807) is 0 Å². The highest BCUT2D eigenvalue weighted by atomic mass is 16.1. The van der Waals surface area contributed by atoms with Crippen molar-refractivity contribution in [2.45, 2.75) is 78.2 Å². The number of unbranched alkanes of at least 4 members (excludes halogenated alkanes) is 5. The number of rotatable bonds is 12. The van der Waals surface area contributed by atoms with Crippen molar-refractivity contribution in [2.75, 3.05) is 6.54 Å². The molecule has 25 heavy (non-hydrogen) atoms. The number of aryl methyl sites for hydroxylation is 1. The lowest BCUT2D eigenvalue weighted by atomic mass is 10.1. The minimum absolute atomic E-state index is 0.140. The van der Waals surface area contributed by atoms with E-state index >= 15 is 0 Å². The fourth-order valence-electron chi connectivity index (χ4n) is 3.25. The largest absolute Gasteiger partial charge is 0.356 e. The Balaban J connectivity index is 1.94. The van der Waals surface area contributed by atoms with E-state index in [4.69, 9.17) is 4.98 Å². The molecule has 0 bridgehead atoms. The standard InChI is InChI=1S/C21H33N3O/c1-3-5-6-7-8-11-17-24-19-14-10-9-13-18(19)23-20(24)15-16-22-21(25)12-4-2/h9-10,13-14H,3-8,11-12,15-17H2,1-2H3,(H,22,25). The summed E-state index contributed by atoms with van der Waals surface area (Å²) in [7, 11) is 0. The molecule has 0 fully saturated rings. The molecule has 0 saturated carbocycles. The van der Waals surface area contributed by atoms with Gasteiger partial charge in [0.1, 0.15) is 5.82 Å². The number of hydrogen-bond acceptors (Lipinski definition) is 2. The highest BCUT2D eigenvalue weighted by Crippen LogP contribution is 2.18. The van der Waals surface area contributed by atoms with E-state index in [1.807, 2.05) is 13.0 Å². The van der Waals surface area contributed by atoms with E-state index < -0.39 is 0 Å². The van der Waals surface area contributed by atoms with E-state index in [0.717, 1.165) is 30.7 Å². The Morgan fingerprint density at radius 3 is 2.60 bits per heavy atom. The number of nitrogens with one attached hydrogen (secondary N) is 1. The molecular formula is C21H33N3O. The molecule has 1 N–H and O–H groups in total. The molecule has 4 heteroatoms. The van der Waals surface area contributed by atoms with Crippen molar-refractivity contribution >= 4 is 16.9 Å². The average molecular weight is 344 g/mol. The number of imidazole rings is 1. The molecule has 2 rings (SSSR count). The topological polar surface area (TPSA) is 46.9 Å². The summed E-state index contributed by atoms with van der Waals surface area (Å²) in [5.41, 5.74) is 2.27. The lowest BCUT2D eigenvalue weighted by Crippen LogP contribution is -2.26. The third kappa shape index (κ3) is 6.18. The Labute approximate surface area is 152 Å². The van der Waals surface area contributed by atoms with Gasteiger partial charge in [-0.1, -0.05) is 58.1 Å². The van der Waals surface area contributed by atoms with Crippen LogP contribution in [0.4, 0.5) is 0 Å². The zero-order valence-electron chi connectivity index (χ0n) is 15.9. The predicted molar refractivity (Wildman–Crippen MR) is 105 cm³/mol. The number of carbonyl (C=O) groups is 1. The van der Waals surface area contributed by atoms with Crippen LogP contribution in [0.3, 0.4) is 0 Å². The molecule has 0 aliphatic heterocycles. The highest BCUT2D eigenvalue weighted by molar-refractivity contribution is 5.76. The molecule has 0 aliphatic rings. The number of amides is 1. The minimum Gasteiger partial charge on any atom is -0.356 e. The maximum atomic E-state index is 11.6. The smallest absolute Gasteiger partial charge is 0.219 e. The van der Waals surface area contributed by atoms with Gasteiger partial charge in [0, 0.05) is 25.9 Å². The molecule has 0 unspecified atom stereocenters. The molecule has 0 aliphatic carbocycles. The second-order valence-corrected chi connectivity index (χ2v) is 6.79. The molecule has 2 aromatic rings. The Morgan fingerprint density at radius 1 is 1.04 bits per heavy atom. The summed E-state index contributed by atoms with van der Waals surface area (Å²) in [4.78, 5) is 16.4. The molecule has 1 aromatic carbocycles. The van der Waals surface area contributed by atoms with E-state index in [-0.39, 0.29) is 5.91 Å². The first kappa shape index (κ1) is 19.5. The molecule has 4 nitrogen and oxygen atoms in total. The van der Waals surface area contributed by atoms with E-state index in [2.05, 4.69) is 35.0 Å². The second-order valence-electron chi connectivity index (χ2n) is 6.79. The molecule has 1 amide bonds. The van der Waals surface area contributed by atoms with Crippen molar-refractivity contribution in [3.63, 3.8) is 0 Å². The number of benzene rings is 1. The zero-order chi connectivity index (χ0) is 17.9. The third-order valence-corrected chi connectivity index (χ3v) is 4.62. The van der Waals surface area contributed by atoms with E-state index in [1.165, 1.54) is 44.0 Å². The highest BCUT2D eigenvalue weighted by Gasteiger charge is 2.10. The summed E-state index contributed by atoms with van der Waals surface area (Å²) >= 11 is 0. The first-order valence-corrected chi connectivity index (χ1v) is 9.97. The molecule has 0 radical (unpaired) electrons. The van der Waals surface area contributed by atoms with Gasteiger partial charge in [-0.2, -0.15) is 0 Å². The normalized spacial score (nSPS) is 11.1. The van der Waals surface area contributed by atoms with Gasteiger partial charge in [-0.25, -0.2) is 4.98 Å². The molecular weight excluding hydrogens is 310 g/mol. The number of nitrogens with zero attached hydrogens (tertiary/aromatic N) is 2. The van der Waals surface area contributed by atoms with Crippen LogP contribution in [0.2, 0.25) is 0 Å². The van der Waals surface area contributed by atoms with Gasteiger partial charge < -0.3 is 9.88 Å². The SMILES string of the molecule is CCCCCCCCn1c(CCNC(=O)CCC)nc2ccccc21. The fourth-order valence-corrected chi connectivity index (χ4v) is 3.25. The van der Waals surface area contributed by atoms with E-state index in [9.17, 15) is 4.79 Å². The van der Waals surface area contributed by atoms with Gasteiger partial charge >= 0.3 is 0 Å². The Morgan fingerprint density at radius 2 is 1.80 bits per heavy atom. The van der Waals surface area contributed by atoms with E-state index in [0.29, 0.717) is 13.0 Å². The molecule has 138 valence electrons. The summed E-state index contributed by atoms with van der Waals surface area (Å²) < 4.78 is 2.35. The molecule has 0 atom stereocenters. The van der Waals surface area contributed by atoms with Gasteiger partial charge in [0.25, 0.3) is 0 Å². The Kier molecular flexibility index (Phi) is 8.50. The van der Waals surface area contributed by atoms with Crippen LogP contribution < -0.4 is 5.32 Å². The number of hydrogen-bond donors (Lipinski definition) is 1. The van der Waals surface area contributed by atoms with Gasteiger partial charge in [0.15, 0.2) is 0 Å². The lowest BCUT2D eigenvalue weighted by Gasteiger charge is -2.10. The summed E-state index contributed by atoms with van der Waals surface area (Å²) in [6.07, 6.45) is 10.1. The number of aromatic nitrogens is 2. The molecule has 0 spiro atoms. The maximum absolute atomic E-state index is 11.6. The number of para-hydroxylation sites is 2. The quantitative estimate of drug-likeness (QED) is 0.560. The van der Waals surface area contributed by atoms with Crippen LogP contribution in [0.1, 0.15) is 71.0 Å². The summed E-state index contributed by atoms with van der Waals surface area (Å²) in [5, 5.41) is 3.00. The first-order valence-electron chi connectivity index (χ1n) is 9.97. The number of fused-ring (bicyclic) bond motifs is 1. The molecule has 1 aromatic heterocycles. The van der Waals surface area contributed by atoms with Crippen LogP contribution in [0.15, 0.2) is 24.3 Å². The summed E-state index contributed by atoms with van der Waals surface area (Å²) in [6.45, 7) is 5.96. The lowest BCUT2D eigenvalue weighted by molar-refractivity contribution is -0.121. The summed E-state index contributed by atoms with van der Waals surface area (Å²) in [6, 6.07) is 8.34. The maximum Gasteiger partial charge on any atom is 0.219 e. The van der Waals surface area contributed by atoms with Crippen molar-refractivity contribution < 1.29 is 4.79 Å². The van der Waals surface area contributed by atoms with Crippen LogP contribution in [0.5, 0.6) is 0 Å². The van der Waals surface area contributed by atoms with Crippen LogP contribution in [0.25, 0.3) is 11.0 Å². The van der Waals surface area contributed by atoms with Crippen molar-refractivity contribution in [3.8, 4) is 0 Å². The second kappa shape index (κ2) is 10.9. The van der Waals surface area contributed by atoms with Gasteiger partial charge in [-0.3, -0.25) is 4.79 Å². The van der Waals surface area contributed by atoms with Crippen LogP contribution in [-0.4, -0.2) is 22.0 Å². The van der Waals surface area contributed by atoms with Crippen LogP contribution >= 0.6 is 0 Å². The monoisotopic (exact) mass is 343 g/mol. The Hall–Kier alpha value is -1.84. The van der Waals surface area contributed by atoms with Gasteiger partial charge in [-0.15, -0.1) is 0 Å². The molecule has 1 heterocycles. The summed E-state index contributed by atoms with van der Waals surface area (Å²) in [5.74, 6) is 1.23. The van der Waals surface area contributed by atoms with Crippen LogP contribution in [-0.2, 0) is 17.8 Å². The van der Waals surface area contributed by atoms with Gasteiger partial charge in [0.05, 0.1) is 11.0 Å². The fraction of sp³-hybridized carbons (Fsp3) is 0.619. The van der Waals surface area contributed by atoms with Crippen molar-refractivity contribution in [3.05, 3.63) is 30.1 Å². The average Bonchev–Trinajstić information content (AvgIpc) is 2.96. The number of carbonyl (C=O) groups excluding carboxylic acids is 1. The zero-order valence-corrected chi connectivity index (χ0v) is 15.9. The third-order valence-electron chi connectivity index (χ3n) is 4.62. The van der Waals surface area contributed by atoms with Crippen molar-refractivity contribution in [2.24, 2.45) is 0 Å². The van der Waals surface area contributed by atoms with Gasteiger partial charge in [0.2, 0.25) is 5.91 Å².